The predicted molar refractivity (Wildman–Crippen MR) is 90.0 cm³/mol. The molecule has 1 unspecified atom stereocenters. The van der Waals surface area contributed by atoms with Gasteiger partial charge in [0.05, 0.1) is 18.1 Å². The van der Waals surface area contributed by atoms with Crippen molar-refractivity contribution in [2.45, 2.75) is 51.8 Å². The lowest BCUT2D eigenvalue weighted by molar-refractivity contribution is -0.135. The van der Waals surface area contributed by atoms with Crippen molar-refractivity contribution >= 4 is 17.6 Å². The number of hydrogen-bond donors (Lipinski definition) is 5. The number of carbonyl (C=O) groups excluding carboxylic acids is 3. The summed E-state index contributed by atoms with van der Waals surface area (Å²) in [6, 6.07) is -1.81. The average Bonchev–Trinajstić information content (AvgIpc) is 3.05. The molecule has 0 aliphatic carbocycles. The Morgan fingerprint density at radius 2 is 1.92 bits per heavy atom. The quantitative estimate of drug-likeness (QED) is 0.347. The van der Waals surface area contributed by atoms with Crippen molar-refractivity contribution in [3.8, 4) is 0 Å². The zero-order valence-corrected chi connectivity index (χ0v) is 14.7. The van der Waals surface area contributed by atoms with E-state index in [9.17, 15) is 19.5 Å². The lowest BCUT2D eigenvalue weighted by atomic mass is 9.98. The summed E-state index contributed by atoms with van der Waals surface area (Å²) in [6.45, 7) is 6.49. The Kier molecular flexibility index (Phi) is 8.30. The lowest BCUT2D eigenvalue weighted by Crippen LogP contribution is -2.57. The highest BCUT2D eigenvalue weighted by Gasteiger charge is 2.32. The first kappa shape index (κ1) is 20.5. The first-order valence-corrected chi connectivity index (χ1v) is 8.51. The molecular formula is C16H30N4O4. The maximum atomic E-state index is 12.5. The second kappa shape index (κ2) is 9.71. The van der Waals surface area contributed by atoms with Crippen molar-refractivity contribution in [2.75, 3.05) is 19.6 Å². The molecule has 1 rings (SSSR count). The zero-order valence-electron chi connectivity index (χ0n) is 14.7. The summed E-state index contributed by atoms with van der Waals surface area (Å²) in [5, 5.41) is 18.2. The first-order valence-electron chi connectivity index (χ1n) is 8.51. The molecule has 24 heavy (non-hydrogen) atoms. The van der Waals surface area contributed by atoms with Crippen LogP contribution in [0.1, 0.15) is 33.6 Å². The maximum absolute atomic E-state index is 12.5. The molecular weight excluding hydrogens is 312 g/mol. The molecule has 1 aliphatic rings. The summed E-state index contributed by atoms with van der Waals surface area (Å²) >= 11 is 0. The van der Waals surface area contributed by atoms with Crippen molar-refractivity contribution in [2.24, 2.45) is 17.6 Å². The van der Waals surface area contributed by atoms with Gasteiger partial charge in [-0.05, 0) is 32.9 Å². The van der Waals surface area contributed by atoms with E-state index in [1.165, 1.54) is 6.92 Å². The van der Waals surface area contributed by atoms with Crippen molar-refractivity contribution in [3.05, 3.63) is 0 Å². The van der Waals surface area contributed by atoms with Gasteiger partial charge in [0.1, 0.15) is 6.04 Å². The summed E-state index contributed by atoms with van der Waals surface area (Å²) in [4.78, 5) is 36.8. The summed E-state index contributed by atoms with van der Waals surface area (Å²) in [5.41, 5.74) is 5.51. The molecule has 6 N–H and O–H groups in total. The van der Waals surface area contributed by atoms with E-state index >= 15 is 0 Å². The van der Waals surface area contributed by atoms with Crippen LogP contribution in [-0.2, 0) is 14.4 Å². The fourth-order valence-corrected chi connectivity index (χ4v) is 2.67. The molecule has 0 bridgehead atoms. The van der Waals surface area contributed by atoms with Crippen LogP contribution in [0.3, 0.4) is 0 Å². The van der Waals surface area contributed by atoms with Crippen molar-refractivity contribution < 1.29 is 19.5 Å². The van der Waals surface area contributed by atoms with Crippen LogP contribution in [0.15, 0.2) is 0 Å². The smallest absolute Gasteiger partial charge is 0.245 e. The average molecular weight is 342 g/mol. The van der Waals surface area contributed by atoms with Gasteiger partial charge in [0, 0.05) is 12.5 Å². The standard InChI is InChI=1S/C16H30N4O4/c1-9(2)14(22)12(4-6-17)19-16(24)13(10(3)21)20-15(23)11-5-7-18-8-11/h9-13,18,21H,4-8,17H2,1-3H3,(H,19,24)(H,20,23)/t10?,11-,12-,13-/m0/s1. The largest absolute Gasteiger partial charge is 0.391 e. The third kappa shape index (κ3) is 5.85. The topological polar surface area (TPSA) is 134 Å². The minimum atomic E-state index is -1.10. The van der Waals surface area contributed by atoms with Crippen molar-refractivity contribution in [1.82, 2.24) is 16.0 Å². The van der Waals surface area contributed by atoms with Crippen LogP contribution in [0.5, 0.6) is 0 Å². The molecule has 8 nitrogen and oxygen atoms in total. The molecule has 0 spiro atoms. The van der Waals surface area contributed by atoms with E-state index in [4.69, 9.17) is 5.73 Å². The Balaban J connectivity index is 2.73. The second-order valence-corrected chi connectivity index (χ2v) is 6.61. The van der Waals surface area contributed by atoms with E-state index in [2.05, 4.69) is 16.0 Å². The number of carbonyl (C=O) groups is 3. The number of nitrogens with two attached hydrogens (primary N) is 1. The number of Topliss-reactive ketones (excluding diaryl/α,β-unsaturated/α-hetero) is 1. The van der Waals surface area contributed by atoms with Gasteiger partial charge >= 0.3 is 0 Å². The second-order valence-electron chi connectivity index (χ2n) is 6.61. The van der Waals surface area contributed by atoms with E-state index in [-0.39, 0.29) is 30.1 Å². The molecule has 2 amide bonds. The van der Waals surface area contributed by atoms with E-state index in [1.807, 2.05) is 0 Å². The van der Waals surface area contributed by atoms with E-state index in [0.29, 0.717) is 19.4 Å². The van der Waals surface area contributed by atoms with Gasteiger partial charge in [-0.25, -0.2) is 0 Å². The third-order valence-corrected chi connectivity index (χ3v) is 4.18. The van der Waals surface area contributed by atoms with Crippen LogP contribution in [0.2, 0.25) is 0 Å². The number of hydrogen-bond acceptors (Lipinski definition) is 6. The van der Waals surface area contributed by atoms with Gasteiger partial charge in [-0.3, -0.25) is 14.4 Å². The van der Waals surface area contributed by atoms with Crippen molar-refractivity contribution in [3.63, 3.8) is 0 Å². The van der Waals surface area contributed by atoms with Gasteiger partial charge in [0.15, 0.2) is 5.78 Å². The molecule has 0 radical (unpaired) electrons. The molecule has 1 heterocycles. The highest BCUT2D eigenvalue weighted by Crippen LogP contribution is 2.09. The minimum absolute atomic E-state index is 0.121. The van der Waals surface area contributed by atoms with E-state index in [1.54, 1.807) is 13.8 Å². The van der Waals surface area contributed by atoms with Gasteiger partial charge in [0.2, 0.25) is 11.8 Å². The summed E-state index contributed by atoms with van der Waals surface area (Å²) in [6.07, 6.45) is -0.0619. The number of nitrogens with one attached hydrogen (secondary N) is 3. The normalized spacial score (nSPS) is 21.2. The fraction of sp³-hybridized carbons (Fsp3) is 0.812. The number of ketones is 1. The summed E-state index contributed by atoms with van der Waals surface area (Å²) in [7, 11) is 0. The van der Waals surface area contributed by atoms with Gasteiger partial charge in [-0.2, -0.15) is 0 Å². The Bertz CT molecular complexity index is 447. The van der Waals surface area contributed by atoms with E-state index < -0.39 is 24.1 Å². The highest BCUT2D eigenvalue weighted by molar-refractivity contribution is 5.94. The van der Waals surface area contributed by atoms with E-state index in [0.717, 1.165) is 6.54 Å². The number of aliphatic hydroxyl groups is 1. The van der Waals surface area contributed by atoms with Crippen LogP contribution in [-0.4, -0.2) is 60.5 Å². The number of aliphatic hydroxyl groups excluding tert-OH is 1. The molecule has 4 atom stereocenters. The van der Waals surface area contributed by atoms with Gasteiger partial charge in [-0.15, -0.1) is 0 Å². The maximum Gasteiger partial charge on any atom is 0.245 e. The van der Waals surface area contributed by atoms with Crippen LogP contribution < -0.4 is 21.7 Å². The number of amides is 2. The Morgan fingerprint density at radius 3 is 2.38 bits per heavy atom. The van der Waals surface area contributed by atoms with Crippen LogP contribution in [0.25, 0.3) is 0 Å². The fourth-order valence-electron chi connectivity index (χ4n) is 2.67. The Labute approximate surface area is 142 Å². The third-order valence-electron chi connectivity index (χ3n) is 4.18. The summed E-state index contributed by atoms with van der Waals surface area (Å²) < 4.78 is 0. The molecule has 0 aromatic heterocycles. The van der Waals surface area contributed by atoms with Crippen LogP contribution >= 0.6 is 0 Å². The molecule has 8 heteroatoms. The predicted octanol–water partition coefficient (Wildman–Crippen LogP) is -1.48. The van der Waals surface area contributed by atoms with Gasteiger partial charge in [-0.1, -0.05) is 13.8 Å². The Hall–Kier alpha value is -1.51. The van der Waals surface area contributed by atoms with Gasteiger partial charge in [0.25, 0.3) is 0 Å². The summed E-state index contributed by atoms with van der Waals surface area (Å²) in [5.74, 6) is -1.42. The monoisotopic (exact) mass is 342 g/mol. The van der Waals surface area contributed by atoms with Gasteiger partial charge < -0.3 is 26.8 Å². The van der Waals surface area contributed by atoms with Crippen LogP contribution in [0, 0.1) is 11.8 Å². The minimum Gasteiger partial charge on any atom is -0.391 e. The SMILES string of the molecule is CC(C)C(=O)[C@H](CCN)NC(=O)[C@@H](NC(=O)[C@H]1CCNC1)C(C)O. The molecule has 0 saturated carbocycles. The molecule has 0 aromatic rings. The molecule has 1 saturated heterocycles. The number of rotatable bonds is 9. The molecule has 138 valence electrons. The molecule has 0 aromatic carbocycles. The zero-order chi connectivity index (χ0) is 18.3. The van der Waals surface area contributed by atoms with Crippen molar-refractivity contribution in [1.29, 1.82) is 0 Å². The molecule has 1 fully saturated rings. The Morgan fingerprint density at radius 1 is 1.25 bits per heavy atom. The highest BCUT2D eigenvalue weighted by atomic mass is 16.3. The molecule has 1 aliphatic heterocycles. The lowest BCUT2D eigenvalue weighted by Gasteiger charge is -2.26. The first-order chi connectivity index (χ1) is 11.3. The van der Waals surface area contributed by atoms with Crippen LogP contribution in [0.4, 0.5) is 0 Å².